The molecule has 2 aromatic rings. The Morgan fingerprint density at radius 3 is 2.19 bits per heavy atom. The number of carbonyl (C=O) groups is 1. The molecule has 2 atom stereocenters. The van der Waals surface area contributed by atoms with Crippen molar-refractivity contribution in [1.29, 1.82) is 0 Å². The lowest BCUT2D eigenvalue weighted by Gasteiger charge is -2.36. The number of nitrogens with one attached hydrogen (secondary N) is 2. The summed E-state index contributed by atoms with van der Waals surface area (Å²) in [6.07, 6.45) is 6.88. The molecule has 2 N–H and O–H groups in total. The number of carbonyl (C=O) groups excluding carboxylic acids is 1. The molecule has 202 valence electrons. The summed E-state index contributed by atoms with van der Waals surface area (Å²) in [4.78, 5) is 31.3. The van der Waals surface area contributed by atoms with Crippen LogP contribution in [0.1, 0.15) is 66.0 Å². The van der Waals surface area contributed by atoms with Gasteiger partial charge in [0.25, 0.3) is 0 Å². The summed E-state index contributed by atoms with van der Waals surface area (Å²) in [5.41, 5.74) is 5.55. The van der Waals surface area contributed by atoms with Crippen molar-refractivity contribution in [2.45, 2.75) is 70.4 Å². The minimum absolute atomic E-state index is 0.0565. The zero-order chi connectivity index (χ0) is 26.2. The third kappa shape index (κ3) is 7.76. The first-order chi connectivity index (χ1) is 18.0. The number of aromatic amines is 1. The van der Waals surface area contributed by atoms with Crippen LogP contribution in [0, 0.1) is 12.8 Å². The third-order valence-corrected chi connectivity index (χ3v) is 7.59. The van der Waals surface area contributed by atoms with Crippen LogP contribution in [0.15, 0.2) is 35.1 Å². The SMILES string of the molecule is COCCCc1cc(CCCOC)cc(CN(C(=O)C2CNCCC2c2cc(C)[nH]c(=O)c2)C2CC2)c1. The maximum absolute atomic E-state index is 14.1. The van der Waals surface area contributed by atoms with Gasteiger partial charge in [-0.3, -0.25) is 9.59 Å². The zero-order valence-electron chi connectivity index (χ0n) is 22.7. The Kier molecular flexibility index (Phi) is 9.95. The number of H-pyrrole nitrogens is 1. The number of pyridine rings is 1. The molecule has 1 amide bonds. The van der Waals surface area contributed by atoms with Crippen LogP contribution in [-0.2, 0) is 33.7 Å². The van der Waals surface area contributed by atoms with Crippen molar-refractivity contribution in [3.05, 3.63) is 68.6 Å². The number of nitrogens with zero attached hydrogens (tertiary/aromatic N) is 1. The van der Waals surface area contributed by atoms with Crippen LogP contribution in [0.3, 0.4) is 0 Å². The first-order valence-corrected chi connectivity index (χ1v) is 13.8. The highest BCUT2D eigenvalue weighted by Crippen LogP contribution is 2.36. The van der Waals surface area contributed by atoms with Crippen molar-refractivity contribution in [3.8, 4) is 0 Å². The second-order valence-electron chi connectivity index (χ2n) is 10.7. The lowest BCUT2D eigenvalue weighted by atomic mass is 9.80. The third-order valence-electron chi connectivity index (χ3n) is 7.59. The van der Waals surface area contributed by atoms with Crippen molar-refractivity contribution in [2.75, 3.05) is 40.5 Å². The molecular formula is C30H43N3O4. The molecule has 1 saturated carbocycles. The summed E-state index contributed by atoms with van der Waals surface area (Å²) >= 11 is 0. The minimum Gasteiger partial charge on any atom is -0.385 e. The van der Waals surface area contributed by atoms with Crippen molar-refractivity contribution >= 4 is 5.91 Å². The molecular weight excluding hydrogens is 466 g/mol. The van der Waals surface area contributed by atoms with Crippen molar-refractivity contribution in [2.24, 2.45) is 5.92 Å². The molecule has 7 heteroatoms. The lowest BCUT2D eigenvalue weighted by molar-refractivity contribution is -0.138. The van der Waals surface area contributed by atoms with Gasteiger partial charge in [-0.25, -0.2) is 0 Å². The number of piperidine rings is 1. The van der Waals surface area contributed by atoms with E-state index in [0.717, 1.165) is 76.0 Å². The first-order valence-electron chi connectivity index (χ1n) is 13.8. The Morgan fingerprint density at radius 1 is 0.946 bits per heavy atom. The van der Waals surface area contributed by atoms with Gasteiger partial charge < -0.3 is 24.7 Å². The predicted molar refractivity (Wildman–Crippen MR) is 146 cm³/mol. The number of rotatable bonds is 13. The maximum atomic E-state index is 14.1. The molecule has 1 aliphatic heterocycles. The molecule has 0 bridgehead atoms. The molecule has 2 fully saturated rings. The Hall–Kier alpha value is -2.48. The van der Waals surface area contributed by atoms with E-state index in [1.165, 1.54) is 16.7 Å². The van der Waals surface area contributed by atoms with Crippen LogP contribution >= 0.6 is 0 Å². The average molecular weight is 510 g/mol. The van der Waals surface area contributed by atoms with E-state index in [4.69, 9.17) is 9.47 Å². The second-order valence-corrected chi connectivity index (χ2v) is 10.7. The van der Waals surface area contributed by atoms with E-state index in [2.05, 4.69) is 33.4 Å². The van der Waals surface area contributed by atoms with E-state index in [-0.39, 0.29) is 23.3 Å². The van der Waals surface area contributed by atoms with Gasteiger partial charge in [0.05, 0.1) is 5.92 Å². The van der Waals surface area contributed by atoms with Gasteiger partial charge in [0.2, 0.25) is 11.5 Å². The Bertz CT molecular complexity index is 1070. The quantitative estimate of drug-likeness (QED) is 0.402. The van der Waals surface area contributed by atoms with Crippen molar-refractivity contribution in [3.63, 3.8) is 0 Å². The molecule has 2 aliphatic rings. The number of ether oxygens (including phenoxy) is 2. The number of hydrogen-bond acceptors (Lipinski definition) is 5. The monoisotopic (exact) mass is 509 g/mol. The summed E-state index contributed by atoms with van der Waals surface area (Å²) in [6, 6.07) is 10.9. The van der Waals surface area contributed by atoms with Crippen LogP contribution in [0.25, 0.3) is 0 Å². The topological polar surface area (TPSA) is 83.7 Å². The van der Waals surface area contributed by atoms with Gasteiger partial charge in [-0.15, -0.1) is 0 Å². The van der Waals surface area contributed by atoms with Crippen LogP contribution in [0.2, 0.25) is 0 Å². The fourth-order valence-electron chi connectivity index (χ4n) is 5.68. The van der Waals surface area contributed by atoms with Gasteiger partial charge in [-0.05, 0) is 92.7 Å². The lowest BCUT2D eigenvalue weighted by Crippen LogP contribution is -2.47. The zero-order valence-corrected chi connectivity index (χ0v) is 22.7. The Balaban J connectivity index is 1.56. The molecule has 4 rings (SSSR count). The van der Waals surface area contributed by atoms with E-state index in [1.807, 2.05) is 13.0 Å². The predicted octanol–water partition coefficient (Wildman–Crippen LogP) is 3.73. The van der Waals surface area contributed by atoms with E-state index in [9.17, 15) is 9.59 Å². The fraction of sp³-hybridized carbons (Fsp3) is 0.600. The van der Waals surface area contributed by atoms with Crippen LogP contribution in [0.5, 0.6) is 0 Å². The highest BCUT2D eigenvalue weighted by atomic mass is 16.5. The van der Waals surface area contributed by atoms with Crippen molar-refractivity contribution in [1.82, 2.24) is 15.2 Å². The molecule has 2 heterocycles. The normalized spacial score (nSPS) is 19.6. The highest BCUT2D eigenvalue weighted by molar-refractivity contribution is 5.81. The summed E-state index contributed by atoms with van der Waals surface area (Å²) < 4.78 is 10.5. The van der Waals surface area contributed by atoms with E-state index >= 15 is 0 Å². The molecule has 1 aromatic heterocycles. The number of benzene rings is 1. The Morgan fingerprint density at radius 2 is 1.59 bits per heavy atom. The van der Waals surface area contributed by atoms with Crippen LogP contribution in [-0.4, -0.2) is 62.4 Å². The van der Waals surface area contributed by atoms with Gasteiger partial charge in [0.15, 0.2) is 0 Å². The molecule has 1 aromatic carbocycles. The van der Waals surface area contributed by atoms with Gasteiger partial charge in [-0.1, -0.05) is 18.2 Å². The number of amides is 1. The van der Waals surface area contributed by atoms with Crippen LogP contribution < -0.4 is 10.9 Å². The maximum Gasteiger partial charge on any atom is 0.248 e. The van der Waals surface area contributed by atoms with Gasteiger partial charge in [0.1, 0.15) is 0 Å². The summed E-state index contributed by atoms with van der Waals surface area (Å²) in [6.45, 7) is 5.54. The smallest absolute Gasteiger partial charge is 0.248 e. The first kappa shape index (κ1) is 27.6. The number of hydrogen-bond donors (Lipinski definition) is 2. The van der Waals surface area contributed by atoms with Gasteiger partial charge >= 0.3 is 0 Å². The summed E-state index contributed by atoms with van der Waals surface area (Å²) in [7, 11) is 3.48. The molecule has 0 radical (unpaired) electrons. The number of methoxy groups -OCH3 is 2. The molecule has 37 heavy (non-hydrogen) atoms. The molecule has 7 nitrogen and oxygen atoms in total. The van der Waals surface area contributed by atoms with E-state index in [0.29, 0.717) is 19.1 Å². The van der Waals surface area contributed by atoms with Gasteiger partial charge in [-0.2, -0.15) is 0 Å². The average Bonchev–Trinajstić information content (AvgIpc) is 3.72. The molecule has 1 aliphatic carbocycles. The highest BCUT2D eigenvalue weighted by Gasteiger charge is 2.40. The van der Waals surface area contributed by atoms with Crippen LogP contribution in [0.4, 0.5) is 0 Å². The number of aromatic nitrogens is 1. The molecule has 0 spiro atoms. The van der Waals surface area contributed by atoms with E-state index in [1.54, 1.807) is 20.3 Å². The fourth-order valence-corrected chi connectivity index (χ4v) is 5.68. The summed E-state index contributed by atoms with van der Waals surface area (Å²) in [5.74, 6) is 0.103. The largest absolute Gasteiger partial charge is 0.385 e. The standard InChI is InChI=1S/C30H43N3O4/c1-21-14-25(18-29(34)32-21)27-10-11-31-19-28(27)30(35)33(26-8-9-26)20-24-16-22(6-4-12-36-2)15-23(17-24)7-5-13-37-3/h14-18,26-28,31H,4-13,19-20H2,1-3H3,(H,32,34). The summed E-state index contributed by atoms with van der Waals surface area (Å²) in [5, 5.41) is 3.44. The number of aryl methyl sites for hydroxylation is 3. The molecule has 1 saturated heterocycles. The van der Waals surface area contributed by atoms with Gasteiger partial charge in [0, 0.05) is 58.3 Å². The molecule has 2 unspecified atom stereocenters. The minimum atomic E-state index is -0.165. The van der Waals surface area contributed by atoms with E-state index < -0.39 is 0 Å². The Labute approximate surface area is 220 Å². The van der Waals surface area contributed by atoms with Crippen molar-refractivity contribution < 1.29 is 14.3 Å². The second kappa shape index (κ2) is 13.4.